The van der Waals surface area contributed by atoms with Gasteiger partial charge in [0.05, 0.1) is 0 Å². The standard InChI is InChI=1S/C12H16N2O4/c1-7-3-8(2)10(6-18-12(14)16)4-9(7)5-17-11(13)15/h3-4H,5-6H2,1-2H3,(H2,13,15)(H2,14,16). The van der Waals surface area contributed by atoms with Crippen LogP contribution in [0.2, 0.25) is 0 Å². The van der Waals surface area contributed by atoms with Gasteiger partial charge in [-0.3, -0.25) is 0 Å². The highest BCUT2D eigenvalue weighted by molar-refractivity contribution is 5.65. The average Bonchev–Trinajstić information content (AvgIpc) is 2.26. The number of hydrogen-bond donors (Lipinski definition) is 2. The van der Waals surface area contributed by atoms with Crippen molar-refractivity contribution >= 4 is 12.2 Å². The van der Waals surface area contributed by atoms with E-state index >= 15 is 0 Å². The summed E-state index contributed by atoms with van der Waals surface area (Å²) in [7, 11) is 0. The number of carbonyl (C=O) groups excluding carboxylic acids is 2. The fraction of sp³-hybridized carbons (Fsp3) is 0.333. The van der Waals surface area contributed by atoms with Crippen LogP contribution in [0.1, 0.15) is 22.3 Å². The van der Waals surface area contributed by atoms with Gasteiger partial charge in [-0.15, -0.1) is 0 Å². The Morgan fingerprint density at radius 2 is 1.33 bits per heavy atom. The quantitative estimate of drug-likeness (QED) is 0.846. The Morgan fingerprint density at radius 1 is 0.944 bits per heavy atom. The molecule has 6 nitrogen and oxygen atoms in total. The lowest BCUT2D eigenvalue weighted by Crippen LogP contribution is -2.14. The maximum atomic E-state index is 10.6. The lowest BCUT2D eigenvalue weighted by Gasteiger charge is -2.12. The second-order valence-electron chi connectivity index (χ2n) is 3.92. The van der Waals surface area contributed by atoms with Crippen LogP contribution in [0.15, 0.2) is 12.1 Å². The summed E-state index contributed by atoms with van der Waals surface area (Å²) in [5, 5.41) is 0. The van der Waals surface area contributed by atoms with E-state index in [0.29, 0.717) is 0 Å². The summed E-state index contributed by atoms with van der Waals surface area (Å²) < 4.78 is 9.47. The molecule has 0 aromatic heterocycles. The number of aryl methyl sites for hydroxylation is 2. The molecule has 6 heteroatoms. The third-order valence-corrected chi connectivity index (χ3v) is 2.53. The van der Waals surface area contributed by atoms with Gasteiger partial charge >= 0.3 is 12.2 Å². The highest BCUT2D eigenvalue weighted by atomic mass is 16.5. The van der Waals surface area contributed by atoms with E-state index in [1.165, 1.54) is 0 Å². The Bertz CT molecular complexity index is 432. The highest BCUT2D eigenvalue weighted by Crippen LogP contribution is 2.18. The molecule has 0 bridgehead atoms. The number of rotatable bonds is 4. The summed E-state index contributed by atoms with van der Waals surface area (Å²) in [6.07, 6.45) is -1.66. The Hall–Kier alpha value is -2.24. The van der Waals surface area contributed by atoms with Crippen LogP contribution in [0.4, 0.5) is 9.59 Å². The summed E-state index contributed by atoms with van der Waals surface area (Å²) in [4.78, 5) is 21.1. The van der Waals surface area contributed by atoms with Crippen molar-refractivity contribution in [1.82, 2.24) is 0 Å². The van der Waals surface area contributed by atoms with Gasteiger partial charge in [0.25, 0.3) is 0 Å². The minimum absolute atomic E-state index is 0.0883. The van der Waals surface area contributed by atoms with Crippen molar-refractivity contribution in [3.63, 3.8) is 0 Å². The minimum atomic E-state index is -0.829. The predicted octanol–water partition coefficient (Wildman–Crippen LogP) is 1.49. The fourth-order valence-corrected chi connectivity index (χ4v) is 1.56. The van der Waals surface area contributed by atoms with Crippen LogP contribution >= 0.6 is 0 Å². The van der Waals surface area contributed by atoms with E-state index in [2.05, 4.69) is 0 Å². The maximum Gasteiger partial charge on any atom is 0.404 e. The average molecular weight is 252 g/mol. The van der Waals surface area contributed by atoms with Crippen molar-refractivity contribution in [2.75, 3.05) is 0 Å². The molecule has 0 radical (unpaired) electrons. The zero-order chi connectivity index (χ0) is 13.7. The molecule has 0 saturated carbocycles. The number of carbonyl (C=O) groups is 2. The normalized spacial score (nSPS) is 9.89. The first-order valence-electron chi connectivity index (χ1n) is 5.33. The molecule has 1 aromatic rings. The van der Waals surface area contributed by atoms with Gasteiger partial charge < -0.3 is 20.9 Å². The van der Waals surface area contributed by atoms with Crippen molar-refractivity contribution in [3.05, 3.63) is 34.4 Å². The Kier molecular flexibility index (Phi) is 4.53. The molecule has 0 heterocycles. The molecule has 0 aliphatic rings. The second kappa shape index (κ2) is 5.90. The third-order valence-electron chi connectivity index (χ3n) is 2.53. The number of benzene rings is 1. The topological polar surface area (TPSA) is 105 Å². The van der Waals surface area contributed by atoms with E-state index in [9.17, 15) is 9.59 Å². The maximum absolute atomic E-state index is 10.6. The first kappa shape index (κ1) is 13.8. The fourth-order valence-electron chi connectivity index (χ4n) is 1.56. The van der Waals surface area contributed by atoms with Crippen LogP contribution in [0.25, 0.3) is 0 Å². The number of hydrogen-bond acceptors (Lipinski definition) is 4. The molecule has 0 unspecified atom stereocenters. The molecule has 0 fully saturated rings. The zero-order valence-corrected chi connectivity index (χ0v) is 10.4. The van der Waals surface area contributed by atoms with E-state index in [4.69, 9.17) is 20.9 Å². The second-order valence-corrected chi connectivity index (χ2v) is 3.92. The summed E-state index contributed by atoms with van der Waals surface area (Å²) in [5.74, 6) is 0. The van der Waals surface area contributed by atoms with Crippen molar-refractivity contribution in [2.24, 2.45) is 11.5 Å². The number of ether oxygens (including phenoxy) is 2. The molecule has 0 atom stereocenters. The monoisotopic (exact) mass is 252 g/mol. The van der Waals surface area contributed by atoms with Crippen molar-refractivity contribution in [2.45, 2.75) is 27.1 Å². The number of amides is 2. The van der Waals surface area contributed by atoms with Crippen LogP contribution in [0, 0.1) is 13.8 Å². The smallest absolute Gasteiger partial charge is 0.404 e. The van der Waals surface area contributed by atoms with Gasteiger partial charge in [-0.1, -0.05) is 6.07 Å². The van der Waals surface area contributed by atoms with Crippen molar-refractivity contribution in [3.8, 4) is 0 Å². The Morgan fingerprint density at radius 3 is 1.67 bits per heavy atom. The van der Waals surface area contributed by atoms with Gasteiger partial charge in [0, 0.05) is 0 Å². The van der Waals surface area contributed by atoms with E-state index in [0.717, 1.165) is 22.3 Å². The predicted molar refractivity (Wildman–Crippen MR) is 64.7 cm³/mol. The van der Waals surface area contributed by atoms with Gasteiger partial charge in [-0.05, 0) is 42.2 Å². The molecule has 0 aliphatic carbocycles. The molecule has 98 valence electrons. The number of primary amides is 2. The molecule has 18 heavy (non-hydrogen) atoms. The van der Waals surface area contributed by atoms with Gasteiger partial charge in [0.2, 0.25) is 0 Å². The molecular formula is C12H16N2O4. The molecule has 1 aromatic carbocycles. The Balaban J connectivity index is 2.87. The van der Waals surface area contributed by atoms with Gasteiger partial charge in [0.1, 0.15) is 13.2 Å². The van der Waals surface area contributed by atoms with Gasteiger partial charge in [-0.2, -0.15) is 0 Å². The van der Waals surface area contributed by atoms with Crippen molar-refractivity contribution in [1.29, 1.82) is 0 Å². The molecule has 1 rings (SSSR count). The summed E-state index contributed by atoms with van der Waals surface area (Å²) in [5.41, 5.74) is 13.4. The van der Waals surface area contributed by atoms with E-state index < -0.39 is 12.2 Å². The Labute approximate surface area is 105 Å². The van der Waals surface area contributed by atoms with Crippen LogP contribution in [-0.2, 0) is 22.7 Å². The minimum Gasteiger partial charge on any atom is -0.445 e. The van der Waals surface area contributed by atoms with Crippen LogP contribution < -0.4 is 11.5 Å². The first-order valence-corrected chi connectivity index (χ1v) is 5.33. The molecule has 4 N–H and O–H groups in total. The zero-order valence-electron chi connectivity index (χ0n) is 10.4. The third kappa shape index (κ3) is 3.97. The van der Waals surface area contributed by atoms with Gasteiger partial charge in [-0.25, -0.2) is 9.59 Å². The van der Waals surface area contributed by atoms with Gasteiger partial charge in [0.15, 0.2) is 0 Å². The number of nitrogens with two attached hydrogens (primary N) is 2. The van der Waals surface area contributed by atoms with Crippen molar-refractivity contribution < 1.29 is 19.1 Å². The lowest BCUT2D eigenvalue weighted by atomic mass is 10.0. The van der Waals surface area contributed by atoms with Crippen LogP contribution in [0.5, 0.6) is 0 Å². The molecular weight excluding hydrogens is 236 g/mol. The van der Waals surface area contributed by atoms with E-state index in [-0.39, 0.29) is 13.2 Å². The van der Waals surface area contributed by atoms with E-state index in [1.807, 2.05) is 19.9 Å². The largest absolute Gasteiger partial charge is 0.445 e. The highest BCUT2D eigenvalue weighted by Gasteiger charge is 2.07. The molecule has 0 spiro atoms. The molecule has 0 aliphatic heterocycles. The molecule has 0 saturated heterocycles. The van der Waals surface area contributed by atoms with E-state index in [1.54, 1.807) is 6.07 Å². The lowest BCUT2D eigenvalue weighted by molar-refractivity contribution is 0.149. The summed E-state index contributed by atoms with van der Waals surface area (Å²) in [6.45, 7) is 3.97. The molecule has 2 amide bonds. The summed E-state index contributed by atoms with van der Waals surface area (Å²) in [6, 6.07) is 3.72. The van der Waals surface area contributed by atoms with Crippen LogP contribution in [-0.4, -0.2) is 12.2 Å². The SMILES string of the molecule is Cc1cc(C)c(COC(N)=O)cc1COC(N)=O. The van der Waals surface area contributed by atoms with Crippen LogP contribution in [0.3, 0.4) is 0 Å². The first-order chi connectivity index (χ1) is 8.40. The summed E-state index contributed by atoms with van der Waals surface area (Å²) >= 11 is 0.